The smallest absolute Gasteiger partial charge is 0.410 e. The first-order valence-electron chi connectivity index (χ1n) is 3.44. The molecule has 2 N–H and O–H groups in total. The lowest BCUT2D eigenvalue weighted by Crippen LogP contribution is -2.18. The molecule has 0 radical (unpaired) electrons. The van der Waals surface area contributed by atoms with E-state index >= 15 is 0 Å². The highest BCUT2D eigenvalue weighted by Crippen LogP contribution is 2.36. The van der Waals surface area contributed by atoms with E-state index < -0.39 is 28.4 Å². The number of pyridine rings is 1. The molecule has 0 fully saturated rings. The third-order valence-corrected chi connectivity index (χ3v) is 1.96. The van der Waals surface area contributed by atoms with Crippen molar-refractivity contribution < 1.29 is 18.3 Å². The normalized spacial score (nSPS) is 14.0. The molecule has 14 heavy (non-hydrogen) atoms. The van der Waals surface area contributed by atoms with E-state index in [0.717, 1.165) is 6.20 Å². The molecule has 0 amide bonds. The minimum absolute atomic E-state index is 0.498. The number of halogens is 4. The molecule has 1 atom stereocenters. The van der Waals surface area contributed by atoms with Crippen LogP contribution in [-0.2, 0) is 0 Å². The molecule has 0 aromatic carbocycles. The number of hydrogen-bond donors (Lipinski definition) is 2. The van der Waals surface area contributed by atoms with Crippen LogP contribution in [0.3, 0.4) is 0 Å². The monoisotopic (exact) mass is 227 g/mol. The summed E-state index contributed by atoms with van der Waals surface area (Å²) in [4.78, 5) is 12.9. The van der Waals surface area contributed by atoms with Crippen molar-refractivity contribution in [2.24, 2.45) is 0 Å². The van der Waals surface area contributed by atoms with Crippen molar-refractivity contribution in [1.29, 1.82) is 0 Å². The van der Waals surface area contributed by atoms with E-state index in [1.807, 2.05) is 0 Å². The van der Waals surface area contributed by atoms with Crippen LogP contribution in [0.1, 0.15) is 11.1 Å². The number of aromatic hydroxyl groups is 1. The number of aromatic nitrogens is 1. The van der Waals surface area contributed by atoms with E-state index in [-0.39, 0.29) is 0 Å². The van der Waals surface area contributed by atoms with E-state index in [1.54, 1.807) is 0 Å². The van der Waals surface area contributed by atoms with Gasteiger partial charge in [0.15, 0.2) is 11.1 Å². The molecule has 0 spiro atoms. The summed E-state index contributed by atoms with van der Waals surface area (Å²) in [6.45, 7) is 0. The van der Waals surface area contributed by atoms with Crippen molar-refractivity contribution in [3.8, 4) is 5.75 Å². The van der Waals surface area contributed by atoms with Crippen LogP contribution in [0.4, 0.5) is 13.2 Å². The van der Waals surface area contributed by atoms with Gasteiger partial charge in [0, 0.05) is 18.0 Å². The van der Waals surface area contributed by atoms with E-state index in [1.165, 1.54) is 0 Å². The van der Waals surface area contributed by atoms with Gasteiger partial charge < -0.3 is 10.1 Å². The second-order valence-corrected chi connectivity index (χ2v) is 2.98. The summed E-state index contributed by atoms with van der Waals surface area (Å²) in [5.74, 6) is -0.653. The van der Waals surface area contributed by atoms with Crippen LogP contribution >= 0.6 is 11.6 Å². The maximum absolute atomic E-state index is 12.1. The van der Waals surface area contributed by atoms with E-state index in [4.69, 9.17) is 16.7 Å². The molecule has 0 saturated heterocycles. The predicted octanol–water partition coefficient (Wildman–Crippen LogP) is 1.92. The van der Waals surface area contributed by atoms with Crippen molar-refractivity contribution in [1.82, 2.24) is 4.98 Å². The standard InChI is InChI=1S/C7H5ClF3NO2/c8-6(7(9,10)11)3-1-4(13)5(14)2-12-3/h1-2,6,14H,(H,12,13). The highest BCUT2D eigenvalue weighted by molar-refractivity contribution is 6.21. The molecular weight excluding hydrogens is 223 g/mol. The fraction of sp³-hybridized carbons (Fsp3) is 0.286. The SMILES string of the molecule is O=c1cc(C(Cl)C(F)(F)F)[nH]cc1O. The first-order chi connectivity index (χ1) is 6.32. The molecule has 0 bridgehead atoms. The largest absolute Gasteiger partial charge is 0.503 e. The highest BCUT2D eigenvalue weighted by Gasteiger charge is 2.40. The lowest BCUT2D eigenvalue weighted by molar-refractivity contribution is -0.132. The van der Waals surface area contributed by atoms with Gasteiger partial charge in [0.1, 0.15) is 0 Å². The van der Waals surface area contributed by atoms with Gasteiger partial charge >= 0.3 is 6.18 Å². The molecular formula is C7H5ClF3NO2. The van der Waals surface area contributed by atoms with Gasteiger partial charge in [-0.15, -0.1) is 11.6 Å². The molecule has 0 saturated carbocycles. The van der Waals surface area contributed by atoms with Crippen LogP contribution in [-0.4, -0.2) is 16.3 Å². The minimum atomic E-state index is -4.64. The maximum Gasteiger partial charge on any atom is 0.410 e. The summed E-state index contributed by atoms with van der Waals surface area (Å²) in [7, 11) is 0. The third-order valence-electron chi connectivity index (χ3n) is 1.48. The Morgan fingerprint density at radius 2 is 2.07 bits per heavy atom. The van der Waals surface area contributed by atoms with Crippen LogP contribution in [0.2, 0.25) is 0 Å². The van der Waals surface area contributed by atoms with Crippen LogP contribution in [0, 0.1) is 0 Å². The average molecular weight is 228 g/mol. The Labute approximate surface area is 81.1 Å². The van der Waals surface area contributed by atoms with Crippen LogP contribution in [0.5, 0.6) is 5.75 Å². The summed E-state index contributed by atoms with van der Waals surface area (Å²) in [5.41, 5.74) is -1.41. The Morgan fingerprint density at radius 3 is 2.50 bits per heavy atom. The fourth-order valence-electron chi connectivity index (χ4n) is 0.802. The van der Waals surface area contributed by atoms with E-state index in [9.17, 15) is 18.0 Å². The Kier molecular flexibility index (Phi) is 2.75. The van der Waals surface area contributed by atoms with Gasteiger partial charge in [-0.25, -0.2) is 0 Å². The molecule has 0 aliphatic heterocycles. The molecule has 0 aliphatic rings. The number of aromatic amines is 1. The number of nitrogens with one attached hydrogen (secondary N) is 1. The van der Waals surface area contributed by atoms with E-state index in [2.05, 4.69) is 4.98 Å². The fourth-order valence-corrected chi connectivity index (χ4v) is 0.928. The Morgan fingerprint density at radius 1 is 1.50 bits per heavy atom. The molecule has 1 aromatic heterocycles. The Balaban J connectivity index is 3.10. The molecule has 78 valence electrons. The summed E-state index contributed by atoms with van der Waals surface area (Å²) in [6.07, 6.45) is -3.87. The van der Waals surface area contributed by atoms with Crippen molar-refractivity contribution in [2.45, 2.75) is 11.6 Å². The van der Waals surface area contributed by atoms with Crippen molar-refractivity contribution in [3.63, 3.8) is 0 Å². The number of H-pyrrole nitrogens is 1. The number of rotatable bonds is 1. The summed E-state index contributed by atoms with van der Waals surface area (Å²) >= 11 is 5.03. The lowest BCUT2D eigenvalue weighted by atomic mass is 10.2. The van der Waals surface area contributed by atoms with Crippen LogP contribution in [0.25, 0.3) is 0 Å². The molecule has 1 aromatic rings. The van der Waals surface area contributed by atoms with Gasteiger partial charge in [0.25, 0.3) is 0 Å². The topological polar surface area (TPSA) is 53.1 Å². The zero-order chi connectivity index (χ0) is 10.9. The number of hydrogen-bond acceptors (Lipinski definition) is 2. The number of alkyl halides is 4. The van der Waals surface area contributed by atoms with Crippen LogP contribution < -0.4 is 5.43 Å². The lowest BCUT2D eigenvalue weighted by Gasteiger charge is -2.13. The first-order valence-corrected chi connectivity index (χ1v) is 3.88. The molecule has 1 unspecified atom stereocenters. The Hall–Kier alpha value is -1.17. The minimum Gasteiger partial charge on any atom is -0.503 e. The first kappa shape index (κ1) is 10.9. The zero-order valence-electron chi connectivity index (χ0n) is 6.60. The van der Waals surface area contributed by atoms with Gasteiger partial charge in [-0.3, -0.25) is 4.79 Å². The second-order valence-electron chi connectivity index (χ2n) is 2.54. The molecule has 0 aliphatic carbocycles. The maximum atomic E-state index is 12.1. The second kappa shape index (κ2) is 3.53. The Bertz CT molecular complexity index is 387. The van der Waals surface area contributed by atoms with Gasteiger partial charge in [-0.2, -0.15) is 13.2 Å². The predicted molar refractivity (Wildman–Crippen MR) is 43.4 cm³/mol. The van der Waals surface area contributed by atoms with Crippen molar-refractivity contribution in [2.75, 3.05) is 0 Å². The van der Waals surface area contributed by atoms with Crippen molar-refractivity contribution >= 4 is 11.6 Å². The van der Waals surface area contributed by atoms with E-state index in [0.29, 0.717) is 6.07 Å². The molecule has 7 heteroatoms. The molecule has 1 rings (SSSR count). The summed E-state index contributed by atoms with van der Waals surface area (Å²) in [6, 6.07) is 0.612. The van der Waals surface area contributed by atoms with Crippen LogP contribution in [0.15, 0.2) is 17.1 Å². The van der Waals surface area contributed by atoms with Gasteiger partial charge in [-0.1, -0.05) is 0 Å². The quantitative estimate of drug-likeness (QED) is 0.720. The summed E-state index contributed by atoms with van der Waals surface area (Å²) < 4.78 is 36.2. The van der Waals surface area contributed by atoms with Gasteiger partial charge in [-0.05, 0) is 0 Å². The van der Waals surface area contributed by atoms with Gasteiger partial charge in [0.05, 0.1) is 0 Å². The molecule has 3 nitrogen and oxygen atoms in total. The summed E-state index contributed by atoms with van der Waals surface area (Å²) in [5, 5.41) is 6.48. The van der Waals surface area contributed by atoms with Gasteiger partial charge in [0.2, 0.25) is 5.43 Å². The highest BCUT2D eigenvalue weighted by atomic mass is 35.5. The third kappa shape index (κ3) is 2.20. The molecule has 1 heterocycles. The zero-order valence-corrected chi connectivity index (χ0v) is 7.36. The van der Waals surface area contributed by atoms with Crippen molar-refractivity contribution in [3.05, 3.63) is 28.2 Å². The average Bonchev–Trinajstić information content (AvgIpc) is 2.07.